The lowest BCUT2D eigenvalue weighted by Gasteiger charge is -2.36. The van der Waals surface area contributed by atoms with Gasteiger partial charge in [0.25, 0.3) is 5.91 Å². The van der Waals surface area contributed by atoms with Gasteiger partial charge in [-0.1, -0.05) is 30.3 Å². The van der Waals surface area contributed by atoms with Crippen LogP contribution < -0.4 is 0 Å². The van der Waals surface area contributed by atoms with Crippen LogP contribution in [0.4, 0.5) is 0 Å². The summed E-state index contributed by atoms with van der Waals surface area (Å²) in [5.41, 5.74) is 2.97. The van der Waals surface area contributed by atoms with Crippen LogP contribution in [0.15, 0.2) is 54.6 Å². The molecule has 1 amide bonds. The average molecular weight is 445 g/mol. The summed E-state index contributed by atoms with van der Waals surface area (Å²) in [5, 5.41) is 14.4. The highest BCUT2D eigenvalue weighted by Gasteiger charge is 2.30. The lowest BCUT2D eigenvalue weighted by atomic mass is 10.0. The van der Waals surface area contributed by atoms with Gasteiger partial charge in [-0.25, -0.2) is 9.48 Å². The summed E-state index contributed by atoms with van der Waals surface area (Å²) in [4.78, 5) is 28.7. The Balaban J connectivity index is 1.38. The Labute approximate surface area is 192 Å². The van der Waals surface area contributed by atoms with Gasteiger partial charge in [-0.3, -0.25) is 4.79 Å². The van der Waals surface area contributed by atoms with Crippen LogP contribution in [0.1, 0.15) is 41.7 Å². The molecular weight excluding hydrogens is 416 g/mol. The number of carbonyl (C=O) groups excluding carboxylic acids is 1. The fraction of sp³-hybridized carbons (Fsp3) is 0.346. The molecule has 33 heavy (non-hydrogen) atoms. The molecule has 7 heteroatoms. The van der Waals surface area contributed by atoms with Gasteiger partial charge < -0.3 is 14.9 Å². The Morgan fingerprint density at radius 3 is 2.33 bits per heavy atom. The molecule has 0 unspecified atom stereocenters. The van der Waals surface area contributed by atoms with E-state index in [4.69, 9.17) is 10.2 Å². The molecule has 0 saturated carbocycles. The molecule has 0 spiro atoms. The maximum absolute atomic E-state index is 13.5. The number of benzene rings is 2. The van der Waals surface area contributed by atoms with Gasteiger partial charge in [0.2, 0.25) is 0 Å². The van der Waals surface area contributed by atoms with E-state index in [-0.39, 0.29) is 5.91 Å². The number of hydrogen-bond donors (Lipinski definition) is 1. The molecule has 2 saturated heterocycles. The first-order valence-electron chi connectivity index (χ1n) is 11.6. The number of carboxylic acid groups (broad SMARTS) is 1. The summed E-state index contributed by atoms with van der Waals surface area (Å²) >= 11 is 0. The lowest BCUT2D eigenvalue weighted by Crippen LogP contribution is -2.46. The molecular formula is C26H28N4O3. The lowest BCUT2D eigenvalue weighted by molar-refractivity contribution is -0.131. The molecule has 0 bridgehead atoms. The Bertz CT molecular complexity index is 1180. The van der Waals surface area contributed by atoms with Crippen LogP contribution in [0.25, 0.3) is 22.7 Å². The minimum Gasteiger partial charge on any atom is -0.478 e. The van der Waals surface area contributed by atoms with Gasteiger partial charge in [-0.15, -0.1) is 0 Å². The van der Waals surface area contributed by atoms with Crippen molar-refractivity contribution >= 4 is 28.9 Å². The van der Waals surface area contributed by atoms with Crippen LogP contribution in [0, 0.1) is 0 Å². The van der Waals surface area contributed by atoms with Gasteiger partial charge in [0.15, 0.2) is 5.69 Å². The summed E-state index contributed by atoms with van der Waals surface area (Å²) in [6.45, 7) is 3.93. The summed E-state index contributed by atoms with van der Waals surface area (Å²) in [5.74, 6) is -0.990. The quantitative estimate of drug-likeness (QED) is 0.605. The van der Waals surface area contributed by atoms with Crippen molar-refractivity contribution in [1.29, 1.82) is 0 Å². The molecule has 2 fully saturated rings. The standard InChI is InChI=1S/C26H28N4O3/c31-24(32)12-9-19-7-10-21(11-8-19)30-23-6-2-1-5-22(23)25(27-30)26(33)29-17-13-20(14-18-29)28-15-3-4-16-28/h1-2,5-12,20H,3-4,13-18H2,(H,31,32). The molecule has 3 aromatic rings. The minimum atomic E-state index is -0.982. The van der Waals surface area contributed by atoms with Gasteiger partial charge in [0.1, 0.15) is 0 Å². The number of hydrogen-bond acceptors (Lipinski definition) is 4. The number of aliphatic carboxylic acids is 1. The smallest absolute Gasteiger partial charge is 0.328 e. The number of amides is 1. The van der Waals surface area contributed by atoms with E-state index in [0.717, 1.165) is 54.2 Å². The second-order valence-electron chi connectivity index (χ2n) is 8.81. The Hall–Kier alpha value is -3.45. The van der Waals surface area contributed by atoms with E-state index < -0.39 is 5.97 Å². The predicted octanol–water partition coefficient (Wildman–Crippen LogP) is 3.82. The van der Waals surface area contributed by atoms with Crippen molar-refractivity contribution in [3.05, 3.63) is 65.9 Å². The van der Waals surface area contributed by atoms with Crippen molar-refractivity contribution in [2.45, 2.75) is 31.7 Å². The Kier molecular flexibility index (Phi) is 5.96. The van der Waals surface area contributed by atoms with Gasteiger partial charge >= 0.3 is 5.97 Å². The highest BCUT2D eigenvalue weighted by Crippen LogP contribution is 2.26. The second-order valence-corrected chi connectivity index (χ2v) is 8.81. The fourth-order valence-electron chi connectivity index (χ4n) is 5.01. The number of carbonyl (C=O) groups is 2. The first-order valence-corrected chi connectivity index (χ1v) is 11.6. The van der Waals surface area contributed by atoms with Crippen LogP contribution in [0.5, 0.6) is 0 Å². The molecule has 1 aromatic heterocycles. The summed E-state index contributed by atoms with van der Waals surface area (Å²) < 4.78 is 1.80. The van der Waals surface area contributed by atoms with E-state index in [9.17, 15) is 9.59 Å². The third kappa shape index (κ3) is 4.41. The summed E-state index contributed by atoms with van der Waals surface area (Å²) in [6.07, 6.45) is 7.29. The highest BCUT2D eigenvalue weighted by molar-refractivity contribution is 6.05. The van der Waals surface area contributed by atoms with E-state index in [1.165, 1.54) is 25.9 Å². The average Bonchev–Trinajstić information content (AvgIpc) is 3.52. The van der Waals surface area contributed by atoms with Crippen molar-refractivity contribution in [3.8, 4) is 5.69 Å². The van der Waals surface area contributed by atoms with Gasteiger partial charge in [0.05, 0.1) is 11.2 Å². The molecule has 2 aromatic carbocycles. The number of carboxylic acids is 1. The first-order chi connectivity index (χ1) is 16.1. The number of piperidine rings is 1. The fourth-order valence-corrected chi connectivity index (χ4v) is 5.01. The maximum atomic E-state index is 13.5. The molecule has 0 atom stereocenters. The van der Waals surface area contributed by atoms with E-state index >= 15 is 0 Å². The zero-order valence-electron chi connectivity index (χ0n) is 18.6. The van der Waals surface area contributed by atoms with E-state index in [1.54, 1.807) is 10.8 Å². The SMILES string of the molecule is O=C(O)C=Cc1ccc(-n2nc(C(=O)N3CCC(N4CCCC4)CC3)c3ccccc32)cc1. The number of rotatable bonds is 5. The molecule has 0 radical (unpaired) electrons. The molecule has 5 rings (SSSR count). The molecule has 0 aliphatic carbocycles. The van der Waals surface area contributed by atoms with E-state index in [0.29, 0.717) is 11.7 Å². The van der Waals surface area contributed by atoms with Gasteiger partial charge in [-0.05, 0) is 68.6 Å². The van der Waals surface area contributed by atoms with Crippen LogP contribution >= 0.6 is 0 Å². The Morgan fingerprint density at radius 2 is 1.64 bits per heavy atom. The molecule has 2 aliphatic heterocycles. The zero-order chi connectivity index (χ0) is 22.8. The van der Waals surface area contributed by atoms with Crippen molar-refractivity contribution in [2.75, 3.05) is 26.2 Å². The van der Waals surface area contributed by atoms with Crippen LogP contribution in [-0.4, -0.2) is 68.8 Å². The van der Waals surface area contributed by atoms with Gasteiger partial charge in [0, 0.05) is 30.6 Å². The zero-order valence-corrected chi connectivity index (χ0v) is 18.6. The molecule has 7 nitrogen and oxygen atoms in total. The summed E-state index contributed by atoms with van der Waals surface area (Å²) in [6, 6.07) is 15.9. The van der Waals surface area contributed by atoms with Crippen molar-refractivity contribution in [1.82, 2.24) is 19.6 Å². The van der Waals surface area contributed by atoms with Crippen molar-refractivity contribution in [2.24, 2.45) is 0 Å². The number of likely N-dealkylation sites (tertiary alicyclic amines) is 2. The number of aromatic nitrogens is 2. The normalized spacial score (nSPS) is 17.9. The van der Waals surface area contributed by atoms with Crippen LogP contribution in [0.3, 0.4) is 0 Å². The minimum absolute atomic E-state index is 0.00849. The monoisotopic (exact) mass is 444 g/mol. The van der Waals surface area contributed by atoms with Crippen LogP contribution in [0.2, 0.25) is 0 Å². The predicted molar refractivity (Wildman–Crippen MR) is 127 cm³/mol. The highest BCUT2D eigenvalue weighted by atomic mass is 16.4. The first kappa shape index (κ1) is 21.4. The number of nitrogens with zero attached hydrogens (tertiary/aromatic N) is 4. The third-order valence-electron chi connectivity index (χ3n) is 6.75. The molecule has 1 N–H and O–H groups in total. The van der Waals surface area contributed by atoms with Crippen molar-refractivity contribution < 1.29 is 14.7 Å². The molecule has 2 aliphatic rings. The van der Waals surface area contributed by atoms with Gasteiger partial charge in [-0.2, -0.15) is 5.10 Å². The molecule has 3 heterocycles. The third-order valence-corrected chi connectivity index (χ3v) is 6.75. The molecule has 170 valence electrons. The maximum Gasteiger partial charge on any atom is 0.328 e. The van der Waals surface area contributed by atoms with E-state index in [2.05, 4.69) is 4.90 Å². The van der Waals surface area contributed by atoms with Crippen LogP contribution in [-0.2, 0) is 4.79 Å². The summed E-state index contributed by atoms with van der Waals surface area (Å²) in [7, 11) is 0. The second kappa shape index (κ2) is 9.19. The Morgan fingerprint density at radius 1 is 0.939 bits per heavy atom. The number of fused-ring (bicyclic) bond motifs is 1. The topological polar surface area (TPSA) is 78.7 Å². The largest absolute Gasteiger partial charge is 0.478 e. The van der Waals surface area contributed by atoms with Crippen molar-refractivity contribution in [3.63, 3.8) is 0 Å². The number of para-hydroxylation sites is 1. The van der Waals surface area contributed by atoms with E-state index in [1.807, 2.05) is 53.4 Å².